The minimum atomic E-state index is -0.598. The van der Waals surface area contributed by atoms with E-state index in [4.69, 9.17) is 9.68 Å². The predicted molar refractivity (Wildman–Crippen MR) is 231 cm³/mol. The van der Waals surface area contributed by atoms with Crippen LogP contribution in [0.1, 0.15) is 92.9 Å². The summed E-state index contributed by atoms with van der Waals surface area (Å²) in [5, 5.41) is 10.9. The fourth-order valence-corrected chi connectivity index (χ4v) is 11.9. The highest BCUT2D eigenvalue weighted by molar-refractivity contribution is 6.07. The SMILES string of the molecule is CC(=NOC(=O)c1cccc2c(=O)c3ccccc3[nH]c12)[C@H]1CC[C@H]2[C@@H]3CCC4=CC(=NOC(=O)c5cccc6c(=O)c7ccccc7[nH]c56)CC[C@]4(C)[C@H]3CC[C@]12C. The number of para-hydroxylation sites is 4. The summed E-state index contributed by atoms with van der Waals surface area (Å²) in [5.74, 6) is 0.698. The number of carbonyl (C=O) groups is 2. The van der Waals surface area contributed by atoms with Crippen molar-refractivity contribution in [3.05, 3.63) is 128 Å². The van der Waals surface area contributed by atoms with E-state index in [9.17, 15) is 19.2 Å². The first kappa shape index (κ1) is 37.1. The fraction of sp³-hybridized carbons (Fsp3) is 0.347. The molecule has 6 atom stereocenters. The van der Waals surface area contributed by atoms with Gasteiger partial charge in [-0.05, 0) is 141 Å². The number of hydrogen-bond acceptors (Lipinski definition) is 8. The van der Waals surface area contributed by atoms with Crippen molar-refractivity contribution in [2.75, 3.05) is 0 Å². The third-order valence-electron chi connectivity index (χ3n) is 14.9. The van der Waals surface area contributed by atoms with Crippen molar-refractivity contribution in [3.8, 4) is 0 Å². The Balaban J connectivity index is 0.835. The number of H-pyrrole nitrogens is 2. The molecule has 6 aromatic rings. The lowest BCUT2D eigenvalue weighted by Crippen LogP contribution is -2.51. The summed E-state index contributed by atoms with van der Waals surface area (Å²) in [7, 11) is 0. The van der Waals surface area contributed by atoms with Crippen molar-refractivity contribution < 1.29 is 19.3 Å². The van der Waals surface area contributed by atoms with E-state index in [0.717, 1.165) is 62.8 Å². The number of benzene rings is 4. The molecule has 10 nitrogen and oxygen atoms in total. The zero-order valence-electron chi connectivity index (χ0n) is 33.5. The van der Waals surface area contributed by atoms with Gasteiger partial charge >= 0.3 is 11.9 Å². The standard InChI is InChI=1S/C49H46N4O6/c1-27(52-58-46(56)35-14-8-12-33-42(35)50-40-16-6-4-10-31(40)44(33)54)37-20-21-38-30-19-18-28-26-29(22-24-48(28,2)39(30)23-25-49(37,38)3)53-59-47(57)36-15-9-13-34-43(36)51-41-17-7-5-11-32(41)45(34)55/h4-17,26,30,37-39H,18-25H2,1-3H3,(H,50,54)(H,51,55)/t30-,37+,38-,39-,48-,49+/m0/s1. The van der Waals surface area contributed by atoms with E-state index in [2.05, 4.69) is 40.2 Å². The Hall–Kier alpha value is -6.16. The Bertz CT molecular complexity index is 2980. The van der Waals surface area contributed by atoms with Gasteiger partial charge in [0.05, 0.1) is 33.6 Å². The van der Waals surface area contributed by atoms with E-state index in [0.29, 0.717) is 61.4 Å². The summed E-state index contributed by atoms with van der Waals surface area (Å²) in [6.45, 7) is 6.85. The van der Waals surface area contributed by atoms with Crippen molar-refractivity contribution in [3.63, 3.8) is 0 Å². The zero-order valence-corrected chi connectivity index (χ0v) is 33.5. The monoisotopic (exact) mass is 786 g/mol. The molecular formula is C49H46N4O6. The van der Waals surface area contributed by atoms with E-state index in [1.807, 2.05) is 43.3 Å². The molecule has 2 N–H and O–H groups in total. The number of nitrogens with one attached hydrogen (secondary N) is 2. The predicted octanol–water partition coefficient (Wildman–Crippen LogP) is 10.0. The number of carbonyl (C=O) groups excluding carboxylic acids is 2. The molecule has 2 heterocycles. The maximum Gasteiger partial charge on any atom is 0.367 e. The van der Waals surface area contributed by atoms with Crippen molar-refractivity contribution in [1.82, 2.24) is 9.97 Å². The van der Waals surface area contributed by atoms with Gasteiger partial charge in [0, 0.05) is 38.5 Å². The van der Waals surface area contributed by atoms with Crippen molar-refractivity contribution in [1.29, 1.82) is 0 Å². The van der Waals surface area contributed by atoms with E-state index < -0.39 is 11.9 Å². The molecule has 0 aliphatic heterocycles. The van der Waals surface area contributed by atoms with Crippen LogP contribution < -0.4 is 10.9 Å². The van der Waals surface area contributed by atoms with Gasteiger partial charge in [-0.1, -0.05) is 66.1 Å². The van der Waals surface area contributed by atoms with Crippen molar-refractivity contribution >= 4 is 67.0 Å². The smallest absolute Gasteiger partial charge is 0.354 e. The first-order valence-corrected chi connectivity index (χ1v) is 20.9. The number of nitrogens with zero attached hydrogens (tertiary/aromatic N) is 2. The van der Waals surface area contributed by atoms with Crippen LogP contribution in [0, 0.1) is 34.5 Å². The van der Waals surface area contributed by atoms with Crippen molar-refractivity contribution in [2.24, 2.45) is 44.8 Å². The normalized spacial score (nSPS) is 27.3. The quantitative estimate of drug-likeness (QED) is 0.0771. The molecule has 3 saturated carbocycles. The molecule has 2 aromatic heterocycles. The second kappa shape index (κ2) is 14.0. The van der Waals surface area contributed by atoms with Gasteiger partial charge in [0.1, 0.15) is 0 Å². The van der Waals surface area contributed by atoms with Gasteiger partial charge in [0.15, 0.2) is 10.9 Å². The van der Waals surface area contributed by atoms with Gasteiger partial charge < -0.3 is 19.6 Å². The number of fused-ring (bicyclic) bond motifs is 9. The molecule has 10 rings (SSSR count). The number of aromatic nitrogens is 2. The lowest BCUT2D eigenvalue weighted by Gasteiger charge is -2.58. The number of allylic oxidation sites excluding steroid dienone is 2. The molecule has 0 saturated heterocycles. The molecule has 3 fully saturated rings. The van der Waals surface area contributed by atoms with Gasteiger partial charge in [-0.2, -0.15) is 0 Å². The molecule has 59 heavy (non-hydrogen) atoms. The second-order valence-electron chi connectivity index (χ2n) is 17.7. The zero-order chi connectivity index (χ0) is 40.6. The maximum atomic E-state index is 13.5. The molecule has 0 bridgehead atoms. The first-order chi connectivity index (χ1) is 28.5. The lowest BCUT2D eigenvalue weighted by molar-refractivity contribution is -0.0411. The molecule has 298 valence electrons. The van der Waals surface area contributed by atoms with E-state index >= 15 is 0 Å². The minimum absolute atomic E-state index is 0.0466. The Morgan fingerprint density at radius 3 is 1.90 bits per heavy atom. The fourth-order valence-electron chi connectivity index (χ4n) is 11.9. The van der Waals surface area contributed by atoms with Crippen LogP contribution in [-0.2, 0) is 9.68 Å². The Labute approximate surface area is 340 Å². The molecule has 0 spiro atoms. The molecule has 4 aliphatic rings. The van der Waals surface area contributed by atoms with Crippen LogP contribution in [-0.4, -0.2) is 33.3 Å². The van der Waals surface area contributed by atoms with E-state index in [1.54, 1.807) is 48.5 Å². The highest BCUT2D eigenvalue weighted by Gasteiger charge is 2.59. The highest BCUT2D eigenvalue weighted by atomic mass is 16.7. The number of oxime groups is 2. The van der Waals surface area contributed by atoms with Crippen LogP contribution in [0.4, 0.5) is 0 Å². The van der Waals surface area contributed by atoms with Gasteiger partial charge in [-0.3, -0.25) is 9.59 Å². The molecule has 0 radical (unpaired) electrons. The van der Waals surface area contributed by atoms with E-state index in [-0.39, 0.29) is 38.7 Å². The van der Waals surface area contributed by atoms with Gasteiger partial charge in [0.25, 0.3) is 0 Å². The summed E-state index contributed by atoms with van der Waals surface area (Å²) in [5.41, 5.74) is 5.65. The third-order valence-corrected chi connectivity index (χ3v) is 14.9. The van der Waals surface area contributed by atoms with Crippen LogP contribution in [0.15, 0.2) is 116 Å². The molecule has 10 heteroatoms. The van der Waals surface area contributed by atoms with Crippen LogP contribution in [0.3, 0.4) is 0 Å². The first-order valence-electron chi connectivity index (χ1n) is 20.9. The van der Waals surface area contributed by atoms with E-state index in [1.165, 1.54) is 5.57 Å². The van der Waals surface area contributed by atoms with Crippen molar-refractivity contribution in [2.45, 2.75) is 72.1 Å². The van der Waals surface area contributed by atoms with Crippen LogP contribution in [0.25, 0.3) is 43.6 Å². The Morgan fingerprint density at radius 2 is 1.25 bits per heavy atom. The third kappa shape index (κ3) is 5.89. The summed E-state index contributed by atoms with van der Waals surface area (Å²) in [6, 6.07) is 24.8. The Morgan fingerprint density at radius 1 is 0.661 bits per heavy atom. The van der Waals surface area contributed by atoms with Gasteiger partial charge in [-0.25, -0.2) is 9.59 Å². The second-order valence-corrected chi connectivity index (χ2v) is 17.7. The average Bonchev–Trinajstić information content (AvgIpc) is 3.62. The van der Waals surface area contributed by atoms with Gasteiger partial charge in [0.2, 0.25) is 0 Å². The summed E-state index contributed by atoms with van der Waals surface area (Å²) < 4.78 is 0. The largest absolute Gasteiger partial charge is 0.367 e. The van der Waals surface area contributed by atoms with Crippen LogP contribution in [0.5, 0.6) is 0 Å². The Kier molecular flexibility index (Phi) is 8.81. The molecule has 0 amide bonds. The number of hydrogen-bond donors (Lipinski definition) is 2. The van der Waals surface area contributed by atoms with Gasteiger partial charge in [-0.15, -0.1) is 0 Å². The summed E-state index contributed by atoms with van der Waals surface area (Å²) in [4.78, 5) is 71.1. The maximum absolute atomic E-state index is 13.5. The number of rotatable bonds is 5. The van der Waals surface area contributed by atoms with Crippen LogP contribution >= 0.6 is 0 Å². The van der Waals surface area contributed by atoms with Crippen LogP contribution in [0.2, 0.25) is 0 Å². The minimum Gasteiger partial charge on any atom is -0.354 e. The number of aromatic amines is 2. The lowest BCUT2D eigenvalue weighted by atomic mass is 9.46. The molecule has 0 unspecified atom stereocenters. The molecule has 4 aromatic carbocycles. The average molecular weight is 787 g/mol. The topological polar surface area (TPSA) is 143 Å². The molecule has 4 aliphatic carbocycles. The highest BCUT2D eigenvalue weighted by Crippen LogP contribution is 2.66. The summed E-state index contributed by atoms with van der Waals surface area (Å²) >= 11 is 0. The molecular weight excluding hydrogens is 741 g/mol. The number of pyridine rings is 2. The summed E-state index contributed by atoms with van der Waals surface area (Å²) in [6.07, 6.45) is 10.2.